The molecule has 1 heterocycles. The molecular weight excluding hydrogens is 168 g/mol. The van der Waals surface area contributed by atoms with E-state index in [2.05, 4.69) is 9.88 Å². The van der Waals surface area contributed by atoms with Gasteiger partial charge in [0.25, 0.3) is 0 Å². The average Bonchev–Trinajstić information content (AvgIpc) is 2.27. The maximum atomic E-state index is 8.54. The maximum absolute atomic E-state index is 8.54. The first-order valence-corrected chi connectivity index (χ1v) is 4.05. The Morgan fingerprint density at radius 2 is 2.15 bits per heavy atom. The zero-order chi connectivity index (χ0) is 9.84. The minimum atomic E-state index is -0.436. The Kier molecular flexibility index (Phi) is 3.22. The van der Waals surface area contributed by atoms with Crippen LogP contribution < -0.4 is 0 Å². The van der Waals surface area contributed by atoms with Crippen LogP contribution in [0.3, 0.4) is 0 Å². The monoisotopic (exact) mass is 182 g/mol. The standard InChI is InChI=1S/C9H14N2O2/c1-7-4-5-9(11(2)3)10-6-8(7)13-12/h4-6,8,12H,1-3H3. The minimum absolute atomic E-state index is 0.436. The molecule has 1 rings (SSSR count). The van der Waals surface area contributed by atoms with Crippen LogP contribution in [0.5, 0.6) is 0 Å². The first-order valence-electron chi connectivity index (χ1n) is 4.05. The Hall–Kier alpha value is -1.13. The molecule has 0 bridgehead atoms. The summed E-state index contributed by atoms with van der Waals surface area (Å²) in [6, 6.07) is 0. The molecular formula is C9H14N2O2. The fourth-order valence-electron chi connectivity index (χ4n) is 0.980. The van der Waals surface area contributed by atoms with Crippen molar-refractivity contribution in [2.24, 2.45) is 4.99 Å². The Bertz CT molecular complexity index is 267. The van der Waals surface area contributed by atoms with Crippen LogP contribution in [-0.4, -0.2) is 36.6 Å². The van der Waals surface area contributed by atoms with Crippen LogP contribution in [0.4, 0.5) is 0 Å². The molecule has 0 aromatic carbocycles. The summed E-state index contributed by atoms with van der Waals surface area (Å²) < 4.78 is 0. The number of allylic oxidation sites excluding steroid dienone is 2. The Balaban J connectivity index is 2.87. The number of hydrogen-bond acceptors (Lipinski definition) is 4. The number of rotatable bonds is 2. The van der Waals surface area contributed by atoms with E-state index in [9.17, 15) is 0 Å². The van der Waals surface area contributed by atoms with Crippen molar-refractivity contribution in [2.45, 2.75) is 13.0 Å². The fraction of sp³-hybridized carbons (Fsp3) is 0.444. The molecule has 0 saturated carbocycles. The van der Waals surface area contributed by atoms with E-state index >= 15 is 0 Å². The molecule has 1 atom stereocenters. The van der Waals surface area contributed by atoms with Gasteiger partial charge in [-0.2, -0.15) is 0 Å². The Morgan fingerprint density at radius 3 is 2.69 bits per heavy atom. The largest absolute Gasteiger partial charge is 0.363 e. The molecule has 0 aliphatic carbocycles. The first-order chi connectivity index (χ1) is 6.15. The van der Waals surface area contributed by atoms with Crippen molar-refractivity contribution < 1.29 is 10.1 Å². The lowest BCUT2D eigenvalue weighted by atomic mass is 10.2. The van der Waals surface area contributed by atoms with Gasteiger partial charge in [-0.25, -0.2) is 9.88 Å². The van der Waals surface area contributed by atoms with E-state index in [-0.39, 0.29) is 0 Å². The molecule has 0 radical (unpaired) electrons. The van der Waals surface area contributed by atoms with Crippen LogP contribution in [0.15, 0.2) is 28.5 Å². The van der Waals surface area contributed by atoms with E-state index in [4.69, 9.17) is 5.26 Å². The van der Waals surface area contributed by atoms with Gasteiger partial charge in [0.15, 0.2) is 0 Å². The van der Waals surface area contributed by atoms with Crippen LogP contribution in [0.25, 0.3) is 0 Å². The van der Waals surface area contributed by atoms with Crippen molar-refractivity contribution in [2.75, 3.05) is 14.1 Å². The molecule has 0 fully saturated rings. The highest BCUT2D eigenvalue weighted by atomic mass is 17.1. The summed E-state index contributed by atoms with van der Waals surface area (Å²) in [7, 11) is 3.82. The zero-order valence-corrected chi connectivity index (χ0v) is 8.06. The molecule has 0 saturated heterocycles. The van der Waals surface area contributed by atoms with Crippen LogP contribution in [0, 0.1) is 0 Å². The highest BCUT2D eigenvalue weighted by Crippen LogP contribution is 2.11. The summed E-state index contributed by atoms with van der Waals surface area (Å²) in [6.07, 6.45) is 4.90. The van der Waals surface area contributed by atoms with E-state index in [0.29, 0.717) is 0 Å². The normalized spacial score (nSPS) is 22.0. The van der Waals surface area contributed by atoms with Gasteiger partial charge in [-0.1, -0.05) is 6.08 Å². The lowest BCUT2D eigenvalue weighted by Gasteiger charge is -2.10. The topological polar surface area (TPSA) is 45.1 Å². The second-order valence-electron chi connectivity index (χ2n) is 3.13. The zero-order valence-electron chi connectivity index (χ0n) is 8.06. The van der Waals surface area contributed by atoms with E-state index in [1.165, 1.54) is 0 Å². The van der Waals surface area contributed by atoms with E-state index in [1.54, 1.807) is 6.21 Å². The lowest BCUT2D eigenvalue weighted by Crippen LogP contribution is -2.14. The van der Waals surface area contributed by atoms with Crippen molar-refractivity contribution in [3.63, 3.8) is 0 Å². The maximum Gasteiger partial charge on any atom is 0.149 e. The van der Waals surface area contributed by atoms with Crippen molar-refractivity contribution in [1.82, 2.24) is 4.90 Å². The van der Waals surface area contributed by atoms with Crippen LogP contribution in [0.1, 0.15) is 6.92 Å². The first kappa shape index (κ1) is 9.95. The van der Waals surface area contributed by atoms with Gasteiger partial charge in [0.2, 0.25) is 0 Å². The smallest absolute Gasteiger partial charge is 0.149 e. The average molecular weight is 182 g/mol. The summed E-state index contributed by atoms with van der Waals surface area (Å²) >= 11 is 0. The highest BCUT2D eigenvalue weighted by molar-refractivity contribution is 5.69. The minimum Gasteiger partial charge on any atom is -0.363 e. The molecule has 1 aliphatic heterocycles. The Morgan fingerprint density at radius 1 is 1.46 bits per heavy atom. The molecule has 4 nitrogen and oxygen atoms in total. The van der Waals surface area contributed by atoms with Gasteiger partial charge >= 0.3 is 0 Å². The molecule has 1 N–H and O–H groups in total. The van der Waals surface area contributed by atoms with Gasteiger partial charge in [-0.05, 0) is 18.6 Å². The summed E-state index contributed by atoms with van der Waals surface area (Å²) in [5.74, 6) is 0.832. The molecule has 72 valence electrons. The van der Waals surface area contributed by atoms with Crippen molar-refractivity contribution in [3.8, 4) is 0 Å². The molecule has 13 heavy (non-hydrogen) atoms. The van der Waals surface area contributed by atoms with Gasteiger partial charge in [0.05, 0.1) is 0 Å². The van der Waals surface area contributed by atoms with Crippen molar-refractivity contribution >= 4 is 6.21 Å². The van der Waals surface area contributed by atoms with E-state index in [0.717, 1.165) is 11.4 Å². The number of hydrogen-bond donors (Lipinski definition) is 1. The third-order valence-corrected chi connectivity index (χ3v) is 1.86. The lowest BCUT2D eigenvalue weighted by molar-refractivity contribution is -0.250. The van der Waals surface area contributed by atoms with Gasteiger partial charge in [-0.3, -0.25) is 5.26 Å². The predicted molar refractivity (Wildman–Crippen MR) is 51.5 cm³/mol. The van der Waals surface area contributed by atoms with Crippen molar-refractivity contribution in [3.05, 3.63) is 23.5 Å². The SMILES string of the molecule is CC1=CC=C(N(C)C)N=CC1OO. The summed E-state index contributed by atoms with van der Waals surface area (Å²) in [4.78, 5) is 10.3. The molecule has 0 amide bonds. The molecule has 0 aromatic rings. The summed E-state index contributed by atoms with van der Waals surface area (Å²) in [5, 5.41) is 8.54. The fourth-order valence-corrected chi connectivity index (χ4v) is 0.980. The van der Waals surface area contributed by atoms with Crippen LogP contribution in [0.2, 0.25) is 0 Å². The number of nitrogens with zero attached hydrogens (tertiary/aromatic N) is 2. The highest BCUT2D eigenvalue weighted by Gasteiger charge is 2.10. The molecule has 0 spiro atoms. The second kappa shape index (κ2) is 4.20. The summed E-state index contributed by atoms with van der Waals surface area (Å²) in [6.45, 7) is 1.88. The number of aliphatic imine (C=N–C) groups is 1. The third-order valence-electron chi connectivity index (χ3n) is 1.86. The predicted octanol–water partition coefficient (Wildman–Crippen LogP) is 1.28. The quantitative estimate of drug-likeness (QED) is 0.517. The van der Waals surface area contributed by atoms with E-state index in [1.807, 2.05) is 38.1 Å². The second-order valence-corrected chi connectivity index (χ2v) is 3.13. The van der Waals surface area contributed by atoms with E-state index < -0.39 is 6.10 Å². The molecule has 4 heteroatoms. The molecule has 1 unspecified atom stereocenters. The van der Waals surface area contributed by atoms with Crippen LogP contribution in [-0.2, 0) is 4.89 Å². The van der Waals surface area contributed by atoms with Gasteiger partial charge in [0, 0.05) is 20.3 Å². The third kappa shape index (κ3) is 2.40. The molecule has 1 aliphatic rings. The Labute approximate surface area is 77.8 Å². The van der Waals surface area contributed by atoms with Crippen molar-refractivity contribution in [1.29, 1.82) is 0 Å². The van der Waals surface area contributed by atoms with Crippen LogP contribution >= 0.6 is 0 Å². The van der Waals surface area contributed by atoms with Gasteiger partial charge < -0.3 is 4.90 Å². The molecule has 0 aromatic heterocycles. The summed E-state index contributed by atoms with van der Waals surface area (Å²) in [5.41, 5.74) is 0.920. The van der Waals surface area contributed by atoms with Gasteiger partial charge in [0.1, 0.15) is 11.9 Å². The van der Waals surface area contributed by atoms with Gasteiger partial charge in [-0.15, -0.1) is 0 Å².